The first kappa shape index (κ1) is 15.7. The molecule has 2 N–H and O–H groups in total. The monoisotopic (exact) mass is 297 g/mol. The summed E-state index contributed by atoms with van der Waals surface area (Å²) < 4.78 is 0. The Hall–Kier alpha value is -2.69. The molecule has 1 heterocycles. The molecule has 0 aliphatic heterocycles. The molecule has 114 valence electrons. The minimum atomic E-state index is -0.237. The van der Waals surface area contributed by atoms with Crippen LogP contribution in [-0.4, -0.2) is 16.8 Å². The molecule has 2 amide bonds. The lowest BCUT2D eigenvalue weighted by atomic mass is 10.1. The number of nitrogens with one attached hydrogen (secondary N) is 2. The zero-order valence-electron chi connectivity index (χ0n) is 12.7. The molecule has 0 radical (unpaired) electrons. The van der Waals surface area contributed by atoms with Gasteiger partial charge in [0.1, 0.15) is 0 Å². The van der Waals surface area contributed by atoms with Gasteiger partial charge in [0, 0.05) is 30.2 Å². The molecule has 0 unspecified atom stereocenters. The quantitative estimate of drug-likeness (QED) is 0.889. The smallest absolute Gasteiger partial charge is 0.257 e. The molecular weight excluding hydrogens is 278 g/mol. The summed E-state index contributed by atoms with van der Waals surface area (Å²) in [6, 6.07) is 10.5. The Balaban J connectivity index is 2.02. The Bertz CT molecular complexity index is 654. The lowest BCUT2D eigenvalue weighted by Crippen LogP contribution is -2.15. The lowest BCUT2D eigenvalue weighted by molar-refractivity contribution is -0.116. The molecule has 5 heteroatoms. The number of rotatable bonds is 5. The Morgan fingerprint density at radius 3 is 2.45 bits per heavy atom. The van der Waals surface area contributed by atoms with Crippen molar-refractivity contribution in [1.82, 2.24) is 4.98 Å². The molecule has 0 fully saturated rings. The number of anilines is 2. The van der Waals surface area contributed by atoms with Crippen LogP contribution in [-0.2, 0) is 4.79 Å². The summed E-state index contributed by atoms with van der Waals surface area (Å²) in [5, 5.41) is 5.61. The third-order valence-electron chi connectivity index (χ3n) is 2.92. The summed E-state index contributed by atoms with van der Waals surface area (Å²) in [4.78, 5) is 27.7. The zero-order valence-corrected chi connectivity index (χ0v) is 12.7. The Kier molecular flexibility index (Phi) is 5.25. The van der Waals surface area contributed by atoms with E-state index in [1.54, 1.807) is 42.6 Å². The van der Waals surface area contributed by atoms with E-state index in [9.17, 15) is 9.59 Å². The number of hydrogen-bond acceptors (Lipinski definition) is 3. The van der Waals surface area contributed by atoms with Gasteiger partial charge >= 0.3 is 0 Å². The average Bonchev–Trinajstić information content (AvgIpc) is 2.47. The highest BCUT2D eigenvalue weighted by Gasteiger charge is 2.08. The third kappa shape index (κ3) is 4.70. The predicted octanol–water partition coefficient (Wildman–Crippen LogP) is 3.32. The lowest BCUT2D eigenvalue weighted by Gasteiger charge is -2.09. The van der Waals surface area contributed by atoms with Gasteiger partial charge in [-0.05, 0) is 36.2 Å². The first-order chi connectivity index (χ1) is 10.5. The fourth-order valence-corrected chi connectivity index (χ4v) is 1.96. The van der Waals surface area contributed by atoms with Crippen molar-refractivity contribution in [3.05, 3.63) is 54.4 Å². The summed E-state index contributed by atoms with van der Waals surface area (Å²) in [5.41, 5.74) is 1.77. The second kappa shape index (κ2) is 7.36. The Morgan fingerprint density at radius 2 is 1.82 bits per heavy atom. The maximum atomic E-state index is 12.1. The molecule has 2 rings (SSSR count). The fraction of sp³-hybridized carbons (Fsp3) is 0.235. The van der Waals surface area contributed by atoms with E-state index < -0.39 is 0 Å². The molecule has 0 aliphatic rings. The number of amides is 2. The summed E-state index contributed by atoms with van der Waals surface area (Å²) in [6.45, 7) is 3.98. The molecule has 0 saturated carbocycles. The van der Waals surface area contributed by atoms with Crippen LogP contribution in [0.2, 0.25) is 0 Å². The van der Waals surface area contributed by atoms with Gasteiger partial charge in [-0.15, -0.1) is 0 Å². The molecule has 1 aromatic heterocycles. The highest BCUT2D eigenvalue weighted by atomic mass is 16.2. The normalized spacial score (nSPS) is 10.3. The maximum Gasteiger partial charge on any atom is 0.257 e. The van der Waals surface area contributed by atoms with Crippen LogP contribution in [0, 0.1) is 5.92 Å². The minimum Gasteiger partial charge on any atom is -0.326 e. The van der Waals surface area contributed by atoms with Crippen molar-refractivity contribution in [2.45, 2.75) is 20.3 Å². The number of nitrogens with zero attached hydrogens (tertiary/aromatic N) is 1. The van der Waals surface area contributed by atoms with E-state index in [0.29, 0.717) is 29.3 Å². The van der Waals surface area contributed by atoms with Crippen molar-refractivity contribution in [2.24, 2.45) is 5.92 Å². The molecule has 0 bridgehead atoms. The Labute approximate surface area is 129 Å². The van der Waals surface area contributed by atoms with Gasteiger partial charge in [0.25, 0.3) is 5.91 Å². The van der Waals surface area contributed by atoms with Crippen LogP contribution < -0.4 is 10.6 Å². The summed E-state index contributed by atoms with van der Waals surface area (Å²) >= 11 is 0. The van der Waals surface area contributed by atoms with Crippen LogP contribution in [0.25, 0.3) is 0 Å². The van der Waals surface area contributed by atoms with E-state index in [-0.39, 0.29) is 11.8 Å². The average molecular weight is 297 g/mol. The number of hydrogen-bond donors (Lipinski definition) is 2. The van der Waals surface area contributed by atoms with Crippen molar-refractivity contribution in [3.63, 3.8) is 0 Å². The fourth-order valence-electron chi connectivity index (χ4n) is 1.96. The standard InChI is InChI=1S/C17H19N3O2/c1-12(2)9-16(21)19-14-6-3-7-15(10-14)20-17(22)13-5-4-8-18-11-13/h3-8,10-12H,9H2,1-2H3,(H,19,21)(H,20,22). The van der Waals surface area contributed by atoms with Gasteiger partial charge < -0.3 is 10.6 Å². The number of carbonyl (C=O) groups excluding carboxylic acids is 2. The van der Waals surface area contributed by atoms with Gasteiger partial charge in [0.2, 0.25) is 5.91 Å². The van der Waals surface area contributed by atoms with E-state index in [0.717, 1.165) is 0 Å². The third-order valence-corrected chi connectivity index (χ3v) is 2.92. The minimum absolute atomic E-state index is 0.0364. The molecule has 0 aliphatic carbocycles. The number of aromatic nitrogens is 1. The highest BCUT2D eigenvalue weighted by molar-refractivity contribution is 6.04. The van der Waals surface area contributed by atoms with E-state index in [1.165, 1.54) is 6.20 Å². The van der Waals surface area contributed by atoms with Crippen LogP contribution in [0.15, 0.2) is 48.8 Å². The van der Waals surface area contributed by atoms with Gasteiger partial charge in [-0.25, -0.2) is 0 Å². The molecule has 22 heavy (non-hydrogen) atoms. The Morgan fingerprint density at radius 1 is 1.09 bits per heavy atom. The van der Waals surface area contributed by atoms with Crippen molar-refractivity contribution in [1.29, 1.82) is 0 Å². The maximum absolute atomic E-state index is 12.1. The van der Waals surface area contributed by atoms with Crippen molar-refractivity contribution >= 4 is 23.2 Å². The second-order valence-corrected chi connectivity index (χ2v) is 5.42. The van der Waals surface area contributed by atoms with Crippen LogP contribution in [0.3, 0.4) is 0 Å². The first-order valence-electron chi connectivity index (χ1n) is 7.16. The van der Waals surface area contributed by atoms with Crippen LogP contribution in [0.4, 0.5) is 11.4 Å². The van der Waals surface area contributed by atoms with E-state index in [4.69, 9.17) is 0 Å². The zero-order chi connectivity index (χ0) is 15.9. The number of benzene rings is 1. The highest BCUT2D eigenvalue weighted by Crippen LogP contribution is 2.16. The van der Waals surface area contributed by atoms with Crippen molar-refractivity contribution in [3.8, 4) is 0 Å². The molecule has 1 aromatic carbocycles. The van der Waals surface area contributed by atoms with Gasteiger partial charge in [-0.3, -0.25) is 14.6 Å². The molecular formula is C17H19N3O2. The number of carbonyl (C=O) groups is 2. The van der Waals surface area contributed by atoms with E-state index in [1.807, 2.05) is 13.8 Å². The number of pyridine rings is 1. The second-order valence-electron chi connectivity index (χ2n) is 5.42. The SMILES string of the molecule is CC(C)CC(=O)Nc1cccc(NC(=O)c2cccnc2)c1. The molecule has 2 aromatic rings. The first-order valence-corrected chi connectivity index (χ1v) is 7.16. The summed E-state index contributed by atoms with van der Waals surface area (Å²) in [6.07, 6.45) is 3.58. The molecule has 0 atom stereocenters. The molecule has 0 spiro atoms. The topological polar surface area (TPSA) is 71.1 Å². The van der Waals surface area contributed by atoms with Crippen LogP contribution >= 0.6 is 0 Å². The molecule has 5 nitrogen and oxygen atoms in total. The van der Waals surface area contributed by atoms with Gasteiger partial charge in [0.05, 0.1) is 5.56 Å². The van der Waals surface area contributed by atoms with Gasteiger partial charge in [0.15, 0.2) is 0 Å². The molecule has 0 saturated heterocycles. The van der Waals surface area contributed by atoms with Crippen LogP contribution in [0.5, 0.6) is 0 Å². The van der Waals surface area contributed by atoms with E-state index >= 15 is 0 Å². The van der Waals surface area contributed by atoms with E-state index in [2.05, 4.69) is 15.6 Å². The summed E-state index contributed by atoms with van der Waals surface area (Å²) in [5.74, 6) is 0.0259. The van der Waals surface area contributed by atoms with Crippen molar-refractivity contribution < 1.29 is 9.59 Å². The van der Waals surface area contributed by atoms with Crippen molar-refractivity contribution in [2.75, 3.05) is 10.6 Å². The van der Waals surface area contributed by atoms with Crippen LogP contribution in [0.1, 0.15) is 30.6 Å². The summed E-state index contributed by atoms with van der Waals surface area (Å²) in [7, 11) is 0. The largest absolute Gasteiger partial charge is 0.326 e. The van der Waals surface area contributed by atoms with Gasteiger partial charge in [-0.2, -0.15) is 0 Å². The van der Waals surface area contributed by atoms with Gasteiger partial charge in [-0.1, -0.05) is 19.9 Å². The predicted molar refractivity (Wildman–Crippen MR) is 86.7 cm³/mol.